The molecule has 0 spiro atoms. The zero-order valence-electron chi connectivity index (χ0n) is 12.0. The first-order chi connectivity index (χ1) is 10.5. The van der Waals surface area contributed by atoms with Gasteiger partial charge in [0, 0.05) is 6.54 Å². The lowest BCUT2D eigenvalue weighted by molar-refractivity contribution is -0.156. The van der Waals surface area contributed by atoms with Gasteiger partial charge >= 0.3 is 5.92 Å². The SMILES string of the molecule is CCNC(=O)C(F)(F)C(F)c1ccc(-c2ccccc2)cc1. The molecule has 0 heterocycles. The molecule has 1 amide bonds. The fourth-order valence-corrected chi connectivity index (χ4v) is 2.08. The third kappa shape index (κ3) is 3.30. The van der Waals surface area contributed by atoms with Crippen LogP contribution in [0.2, 0.25) is 0 Å². The van der Waals surface area contributed by atoms with Gasteiger partial charge in [0.05, 0.1) is 0 Å². The topological polar surface area (TPSA) is 29.1 Å². The summed E-state index contributed by atoms with van der Waals surface area (Å²) in [6.45, 7) is 1.52. The van der Waals surface area contributed by atoms with E-state index in [0.29, 0.717) is 0 Å². The van der Waals surface area contributed by atoms with Gasteiger partial charge in [0.25, 0.3) is 5.91 Å². The Bertz CT molecular complexity index is 626. The molecule has 0 fully saturated rings. The number of rotatable bonds is 5. The van der Waals surface area contributed by atoms with Crippen molar-refractivity contribution in [2.45, 2.75) is 19.0 Å². The van der Waals surface area contributed by atoms with Crippen LogP contribution in [0.15, 0.2) is 54.6 Å². The third-order valence-corrected chi connectivity index (χ3v) is 3.27. The molecule has 0 saturated heterocycles. The Morgan fingerprint density at radius 1 is 1.05 bits per heavy atom. The van der Waals surface area contributed by atoms with Crippen LogP contribution in [0, 0.1) is 0 Å². The van der Waals surface area contributed by atoms with Gasteiger partial charge in [0.15, 0.2) is 6.17 Å². The van der Waals surface area contributed by atoms with E-state index in [1.807, 2.05) is 35.6 Å². The maximum atomic E-state index is 14.0. The summed E-state index contributed by atoms with van der Waals surface area (Å²) in [5.41, 5.74) is 1.47. The van der Waals surface area contributed by atoms with Crippen LogP contribution in [0.25, 0.3) is 11.1 Å². The number of nitrogens with one attached hydrogen (secondary N) is 1. The van der Waals surface area contributed by atoms with Gasteiger partial charge < -0.3 is 5.32 Å². The second kappa shape index (κ2) is 6.64. The molecule has 0 aliphatic heterocycles. The number of amides is 1. The summed E-state index contributed by atoms with van der Waals surface area (Å²) in [5.74, 6) is -5.70. The first kappa shape index (κ1) is 16.1. The van der Waals surface area contributed by atoms with Crippen LogP contribution in [0.1, 0.15) is 18.7 Å². The van der Waals surface area contributed by atoms with Gasteiger partial charge in [0.2, 0.25) is 0 Å². The van der Waals surface area contributed by atoms with Crippen LogP contribution in [0.3, 0.4) is 0 Å². The Hall–Kier alpha value is -2.30. The summed E-state index contributed by atoms with van der Waals surface area (Å²) < 4.78 is 41.4. The minimum Gasteiger partial charge on any atom is -0.351 e. The fourth-order valence-electron chi connectivity index (χ4n) is 2.08. The molecule has 2 rings (SSSR count). The summed E-state index contributed by atoms with van der Waals surface area (Å²) in [5, 5.41) is 1.94. The zero-order chi connectivity index (χ0) is 16.2. The van der Waals surface area contributed by atoms with Crippen LogP contribution < -0.4 is 5.32 Å². The molecule has 22 heavy (non-hydrogen) atoms. The third-order valence-electron chi connectivity index (χ3n) is 3.27. The number of alkyl halides is 3. The maximum absolute atomic E-state index is 14.0. The first-order valence-electron chi connectivity index (χ1n) is 6.92. The second-order valence-corrected chi connectivity index (χ2v) is 4.83. The standard InChI is InChI=1S/C17H16F3NO/c1-2-21-16(22)17(19,20)15(18)14-10-8-13(9-11-14)12-6-4-3-5-7-12/h3-11,15H,2H2,1H3,(H,21,22). The molecule has 5 heteroatoms. The summed E-state index contributed by atoms with van der Waals surface area (Å²) >= 11 is 0. The first-order valence-corrected chi connectivity index (χ1v) is 6.92. The molecule has 0 saturated carbocycles. The number of carbonyl (C=O) groups is 1. The van der Waals surface area contributed by atoms with Crippen molar-refractivity contribution in [1.29, 1.82) is 0 Å². The van der Waals surface area contributed by atoms with Crippen LogP contribution in [-0.4, -0.2) is 18.4 Å². The Kier molecular flexibility index (Phi) is 4.85. The van der Waals surface area contributed by atoms with E-state index < -0.39 is 18.0 Å². The largest absolute Gasteiger partial charge is 0.359 e. The van der Waals surface area contributed by atoms with E-state index in [9.17, 15) is 18.0 Å². The molecule has 0 bridgehead atoms. The molecule has 0 radical (unpaired) electrons. The van der Waals surface area contributed by atoms with Crippen molar-refractivity contribution in [3.8, 4) is 11.1 Å². The highest BCUT2D eigenvalue weighted by atomic mass is 19.3. The van der Waals surface area contributed by atoms with E-state index in [4.69, 9.17) is 0 Å². The number of hydrogen-bond donors (Lipinski definition) is 1. The highest BCUT2D eigenvalue weighted by Crippen LogP contribution is 2.35. The highest BCUT2D eigenvalue weighted by molar-refractivity contribution is 5.84. The Morgan fingerprint density at radius 3 is 2.14 bits per heavy atom. The molecular weight excluding hydrogens is 291 g/mol. The summed E-state index contributed by atoms with van der Waals surface area (Å²) in [4.78, 5) is 11.3. The van der Waals surface area contributed by atoms with E-state index in [1.54, 1.807) is 12.1 Å². The van der Waals surface area contributed by atoms with Crippen LogP contribution in [-0.2, 0) is 4.79 Å². The Balaban J connectivity index is 2.21. The average Bonchev–Trinajstić information content (AvgIpc) is 2.55. The number of hydrogen-bond acceptors (Lipinski definition) is 1. The van der Waals surface area contributed by atoms with Crippen molar-refractivity contribution in [3.05, 3.63) is 60.2 Å². The van der Waals surface area contributed by atoms with Crippen LogP contribution >= 0.6 is 0 Å². The van der Waals surface area contributed by atoms with Crippen LogP contribution in [0.4, 0.5) is 13.2 Å². The number of halogens is 3. The van der Waals surface area contributed by atoms with Crippen LogP contribution in [0.5, 0.6) is 0 Å². The van der Waals surface area contributed by atoms with Crippen molar-refractivity contribution < 1.29 is 18.0 Å². The molecule has 0 aliphatic rings. The van der Waals surface area contributed by atoms with E-state index in [2.05, 4.69) is 0 Å². The summed E-state index contributed by atoms with van der Waals surface area (Å²) in [6, 6.07) is 15.0. The lowest BCUT2D eigenvalue weighted by Crippen LogP contribution is -2.43. The van der Waals surface area contributed by atoms with Crippen molar-refractivity contribution >= 4 is 5.91 Å². The highest BCUT2D eigenvalue weighted by Gasteiger charge is 2.48. The summed E-state index contributed by atoms with van der Waals surface area (Å²) in [7, 11) is 0. The predicted octanol–water partition coefficient (Wildman–Crippen LogP) is 4.14. The van der Waals surface area contributed by atoms with Gasteiger partial charge in [-0.2, -0.15) is 8.78 Å². The number of carbonyl (C=O) groups excluding carboxylic acids is 1. The predicted molar refractivity (Wildman–Crippen MR) is 79.4 cm³/mol. The van der Waals surface area contributed by atoms with Crippen molar-refractivity contribution in [2.75, 3.05) is 6.54 Å². The van der Waals surface area contributed by atoms with Crippen molar-refractivity contribution in [1.82, 2.24) is 5.32 Å². The molecular formula is C17H16F3NO. The van der Waals surface area contributed by atoms with Gasteiger partial charge in [-0.15, -0.1) is 0 Å². The lowest BCUT2D eigenvalue weighted by Gasteiger charge is -2.20. The quantitative estimate of drug-likeness (QED) is 0.884. The normalized spacial score (nSPS) is 12.7. The van der Waals surface area contributed by atoms with Gasteiger partial charge in [-0.05, 0) is 23.6 Å². The second-order valence-electron chi connectivity index (χ2n) is 4.83. The molecule has 0 aromatic heterocycles. The number of benzene rings is 2. The minimum absolute atomic E-state index is 0.0219. The zero-order valence-corrected chi connectivity index (χ0v) is 12.0. The molecule has 1 atom stereocenters. The molecule has 1 N–H and O–H groups in total. The lowest BCUT2D eigenvalue weighted by atomic mass is 9.99. The Labute approximate surface area is 127 Å². The molecule has 1 unspecified atom stereocenters. The molecule has 0 aliphatic carbocycles. The summed E-state index contributed by atoms with van der Waals surface area (Å²) in [6.07, 6.45) is -2.68. The average molecular weight is 307 g/mol. The van der Waals surface area contributed by atoms with Gasteiger partial charge in [-0.3, -0.25) is 4.79 Å². The minimum atomic E-state index is -4.09. The molecule has 2 aromatic rings. The fraction of sp³-hybridized carbons (Fsp3) is 0.235. The van der Waals surface area contributed by atoms with Crippen molar-refractivity contribution in [3.63, 3.8) is 0 Å². The van der Waals surface area contributed by atoms with Gasteiger partial charge in [0.1, 0.15) is 0 Å². The maximum Gasteiger partial charge on any atom is 0.359 e. The van der Waals surface area contributed by atoms with Gasteiger partial charge in [-0.1, -0.05) is 54.6 Å². The van der Waals surface area contributed by atoms with Gasteiger partial charge in [-0.25, -0.2) is 4.39 Å². The monoisotopic (exact) mass is 307 g/mol. The Morgan fingerprint density at radius 2 is 1.59 bits per heavy atom. The smallest absolute Gasteiger partial charge is 0.351 e. The molecule has 2 aromatic carbocycles. The van der Waals surface area contributed by atoms with Crippen molar-refractivity contribution in [2.24, 2.45) is 0 Å². The molecule has 2 nitrogen and oxygen atoms in total. The van der Waals surface area contributed by atoms with E-state index >= 15 is 0 Å². The van der Waals surface area contributed by atoms with E-state index in [-0.39, 0.29) is 12.1 Å². The van der Waals surface area contributed by atoms with E-state index in [1.165, 1.54) is 19.1 Å². The van der Waals surface area contributed by atoms with E-state index in [0.717, 1.165) is 11.1 Å². The molecule has 116 valence electrons.